The summed E-state index contributed by atoms with van der Waals surface area (Å²) in [5.74, 6) is 1.05. The van der Waals surface area contributed by atoms with Crippen molar-refractivity contribution in [3.05, 3.63) is 77.5 Å². The quantitative estimate of drug-likeness (QED) is 0.544. The molecule has 2 nitrogen and oxygen atoms in total. The molecule has 3 heteroatoms. The molecule has 0 aliphatic heterocycles. The van der Waals surface area contributed by atoms with E-state index in [0.717, 1.165) is 5.75 Å². The third-order valence-electron chi connectivity index (χ3n) is 5.40. The van der Waals surface area contributed by atoms with Crippen molar-refractivity contribution in [3.8, 4) is 5.75 Å². The Morgan fingerprint density at radius 2 is 1.85 bits per heavy atom. The number of aryl methyl sites for hydroxylation is 1. The van der Waals surface area contributed by atoms with Crippen molar-refractivity contribution < 1.29 is 4.74 Å². The molecule has 0 spiro atoms. The van der Waals surface area contributed by atoms with Gasteiger partial charge in [-0.1, -0.05) is 68.2 Å². The first kappa shape index (κ1) is 18.5. The van der Waals surface area contributed by atoms with Gasteiger partial charge in [-0.25, -0.2) is 0 Å². The second kappa shape index (κ2) is 7.16. The molecule has 1 unspecified atom stereocenters. The fourth-order valence-electron chi connectivity index (χ4n) is 4.10. The van der Waals surface area contributed by atoms with Crippen LogP contribution in [0.5, 0.6) is 5.75 Å². The molecule has 1 aliphatic carbocycles. The number of allylic oxidation sites excluding steroid dienone is 1. The first-order chi connectivity index (χ1) is 12.4. The number of likely N-dealkylation sites (N-methyl/N-ethyl adjacent to an activating group) is 1. The monoisotopic (exact) mass is 363 g/mol. The van der Waals surface area contributed by atoms with Gasteiger partial charge in [0.1, 0.15) is 12.4 Å². The largest absolute Gasteiger partial charge is 0.489 e. The maximum absolute atomic E-state index is 6.13. The molecule has 0 saturated carbocycles. The Hall–Kier alpha value is -2.26. The van der Waals surface area contributed by atoms with Gasteiger partial charge in [-0.05, 0) is 34.9 Å². The van der Waals surface area contributed by atoms with Crippen LogP contribution in [-0.4, -0.2) is 33.7 Å². The van der Waals surface area contributed by atoms with Crippen LogP contribution in [0.2, 0.25) is 13.1 Å². The summed E-state index contributed by atoms with van der Waals surface area (Å²) in [6, 6.07) is 15.4. The lowest BCUT2D eigenvalue weighted by molar-refractivity contribution is 0.363. The molecule has 2 aromatic carbocycles. The van der Waals surface area contributed by atoms with Gasteiger partial charge < -0.3 is 9.64 Å². The highest BCUT2D eigenvalue weighted by Gasteiger charge is 2.43. The summed E-state index contributed by atoms with van der Waals surface area (Å²) in [5, 5.41) is 1.38. The third kappa shape index (κ3) is 3.12. The van der Waals surface area contributed by atoms with Crippen molar-refractivity contribution in [3.63, 3.8) is 0 Å². The molecular formula is C23H29NOSi. The predicted molar refractivity (Wildman–Crippen MR) is 115 cm³/mol. The van der Waals surface area contributed by atoms with E-state index in [2.05, 4.69) is 94.1 Å². The maximum atomic E-state index is 6.13. The Bertz CT molecular complexity index is 851. The van der Waals surface area contributed by atoms with E-state index in [1.165, 1.54) is 27.6 Å². The van der Waals surface area contributed by atoms with Gasteiger partial charge in [-0.3, -0.25) is 0 Å². The molecule has 0 radical (unpaired) electrons. The smallest absolute Gasteiger partial charge is 0.121 e. The summed E-state index contributed by atoms with van der Waals surface area (Å²) in [5.41, 5.74) is 5.82. The average Bonchev–Trinajstić information content (AvgIpc) is 3.01. The van der Waals surface area contributed by atoms with Gasteiger partial charge in [0.2, 0.25) is 0 Å². The molecule has 0 N–H and O–H groups in total. The number of hydrogen-bond acceptors (Lipinski definition) is 2. The lowest BCUT2D eigenvalue weighted by Crippen LogP contribution is -2.50. The zero-order chi connectivity index (χ0) is 18.9. The molecule has 0 amide bonds. The summed E-state index contributed by atoms with van der Waals surface area (Å²) in [7, 11) is 2.39. The average molecular weight is 364 g/mol. The molecule has 0 aromatic heterocycles. The van der Waals surface area contributed by atoms with Crippen LogP contribution >= 0.6 is 0 Å². The van der Waals surface area contributed by atoms with E-state index >= 15 is 0 Å². The van der Waals surface area contributed by atoms with Gasteiger partial charge >= 0.3 is 0 Å². The molecule has 3 rings (SSSR count). The van der Waals surface area contributed by atoms with Crippen LogP contribution < -0.4 is 9.92 Å². The summed E-state index contributed by atoms with van der Waals surface area (Å²) in [6.07, 6.45) is 4.18. The minimum absolute atomic E-state index is 0.418. The summed E-state index contributed by atoms with van der Waals surface area (Å²) >= 11 is 0. The molecule has 26 heavy (non-hydrogen) atoms. The summed E-state index contributed by atoms with van der Waals surface area (Å²) in [4.78, 5) is 2.28. The normalized spacial score (nSPS) is 16.0. The molecular weight excluding hydrogens is 334 g/mol. The highest BCUT2D eigenvalue weighted by Crippen LogP contribution is 2.43. The van der Waals surface area contributed by atoms with Gasteiger partial charge in [0.25, 0.3) is 0 Å². The van der Waals surface area contributed by atoms with Crippen molar-refractivity contribution in [2.24, 2.45) is 0 Å². The van der Waals surface area contributed by atoms with Crippen molar-refractivity contribution in [1.82, 2.24) is 4.90 Å². The van der Waals surface area contributed by atoms with Crippen LogP contribution in [0, 0.1) is 6.92 Å². The van der Waals surface area contributed by atoms with Gasteiger partial charge in [-0.2, -0.15) is 0 Å². The Balaban J connectivity index is 2.15. The van der Waals surface area contributed by atoms with Crippen LogP contribution in [0.4, 0.5) is 0 Å². The lowest BCUT2D eigenvalue weighted by Gasteiger charge is -2.36. The van der Waals surface area contributed by atoms with Crippen LogP contribution in [0.1, 0.15) is 22.2 Å². The molecule has 1 atom stereocenters. The SMILES string of the molecule is C=CCOc1c(C)cccc1[Si](C)(C)C1C(N(C)C)=Cc2ccccc21. The third-order valence-corrected chi connectivity index (χ3v) is 9.23. The van der Waals surface area contributed by atoms with Crippen LogP contribution in [0.15, 0.2) is 60.8 Å². The van der Waals surface area contributed by atoms with Crippen LogP contribution in [0.25, 0.3) is 6.08 Å². The number of nitrogens with zero attached hydrogens (tertiary/aromatic N) is 1. The number of ether oxygens (including phenoxy) is 1. The second-order valence-electron chi connectivity index (χ2n) is 7.80. The number of rotatable bonds is 6. The Morgan fingerprint density at radius 3 is 2.54 bits per heavy atom. The Morgan fingerprint density at radius 1 is 1.12 bits per heavy atom. The minimum atomic E-state index is -1.92. The molecule has 1 aliphatic rings. The van der Waals surface area contributed by atoms with Gasteiger partial charge in [0, 0.05) is 25.3 Å². The van der Waals surface area contributed by atoms with E-state index in [1.807, 2.05) is 6.08 Å². The van der Waals surface area contributed by atoms with E-state index in [9.17, 15) is 0 Å². The standard InChI is InChI=1S/C23H29NOSi/c1-7-15-25-22-17(2)11-10-14-21(22)26(5,6)23-19-13-9-8-12-18(19)16-20(23)24(3)4/h7-14,16,23H,1,15H2,2-6H3. The number of para-hydroxylation sites is 1. The van der Waals surface area contributed by atoms with E-state index < -0.39 is 8.07 Å². The Kier molecular flexibility index (Phi) is 5.10. The van der Waals surface area contributed by atoms with Crippen molar-refractivity contribution in [2.75, 3.05) is 20.7 Å². The first-order valence-electron chi connectivity index (χ1n) is 9.19. The van der Waals surface area contributed by atoms with Crippen molar-refractivity contribution in [2.45, 2.75) is 25.6 Å². The van der Waals surface area contributed by atoms with Crippen LogP contribution in [-0.2, 0) is 0 Å². The van der Waals surface area contributed by atoms with Gasteiger partial charge in [0.15, 0.2) is 0 Å². The predicted octanol–water partition coefficient (Wildman–Crippen LogP) is 4.71. The zero-order valence-electron chi connectivity index (χ0n) is 16.5. The van der Waals surface area contributed by atoms with Crippen LogP contribution in [0.3, 0.4) is 0 Å². The van der Waals surface area contributed by atoms with E-state index in [-0.39, 0.29) is 0 Å². The molecule has 0 saturated heterocycles. The molecule has 0 bridgehead atoms. The Labute approximate surface area is 158 Å². The minimum Gasteiger partial charge on any atom is -0.489 e. The van der Waals surface area contributed by atoms with Gasteiger partial charge in [0.05, 0.1) is 8.07 Å². The number of benzene rings is 2. The highest BCUT2D eigenvalue weighted by molar-refractivity contribution is 6.92. The van der Waals surface area contributed by atoms with Crippen molar-refractivity contribution >= 4 is 19.3 Å². The van der Waals surface area contributed by atoms with E-state index in [4.69, 9.17) is 4.74 Å². The van der Waals surface area contributed by atoms with Gasteiger partial charge in [-0.15, -0.1) is 0 Å². The summed E-state index contributed by atoms with van der Waals surface area (Å²) < 4.78 is 6.13. The first-order valence-corrected chi connectivity index (χ1v) is 12.3. The lowest BCUT2D eigenvalue weighted by atomic mass is 10.1. The number of hydrogen-bond donors (Lipinski definition) is 0. The summed E-state index contributed by atoms with van der Waals surface area (Å²) in [6.45, 7) is 11.4. The maximum Gasteiger partial charge on any atom is 0.121 e. The fraction of sp³-hybridized carbons (Fsp3) is 0.304. The second-order valence-corrected chi connectivity index (χ2v) is 12.4. The van der Waals surface area contributed by atoms with E-state index in [0.29, 0.717) is 12.1 Å². The zero-order valence-corrected chi connectivity index (χ0v) is 17.5. The van der Waals surface area contributed by atoms with Crippen molar-refractivity contribution in [1.29, 1.82) is 0 Å². The molecule has 0 fully saturated rings. The molecule has 0 heterocycles. The molecule has 2 aromatic rings. The number of fused-ring (bicyclic) bond motifs is 1. The van der Waals surface area contributed by atoms with E-state index in [1.54, 1.807) is 0 Å². The molecule has 136 valence electrons. The highest BCUT2D eigenvalue weighted by atomic mass is 28.3. The topological polar surface area (TPSA) is 12.5 Å². The fourth-order valence-corrected chi connectivity index (χ4v) is 7.91.